The van der Waals surface area contributed by atoms with Crippen molar-refractivity contribution in [2.75, 3.05) is 18.4 Å². The lowest BCUT2D eigenvalue weighted by atomic mass is 10.2. The average Bonchev–Trinajstić information content (AvgIpc) is 2.95. The number of terminal acetylenes is 1. The van der Waals surface area contributed by atoms with Crippen LogP contribution in [0.1, 0.15) is 17.5 Å². The first-order chi connectivity index (χ1) is 10.3. The molecule has 1 unspecified atom stereocenters. The van der Waals surface area contributed by atoms with Crippen LogP contribution in [0.5, 0.6) is 0 Å². The zero-order valence-electron chi connectivity index (χ0n) is 12.1. The Hall–Kier alpha value is -2.24. The average molecular weight is 276 g/mol. The van der Waals surface area contributed by atoms with Crippen LogP contribution in [0.4, 0.5) is 5.69 Å². The third kappa shape index (κ3) is 3.65. The minimum Gasteiger partial charge on any atom is -0.381 e. The molecule has 2 aromatic rings. The molecule has 1 aliphatic heterocycles. The van der Waals surface area contributed by atoms with Crippen molar-refractivity contribution in [2.45, 2.75) is 19.0 Å². The number of benzene rings is 2. The summed E-state index contributed by atoms with van der Waals surface area (Å²) in [4.78, 5) is 2.50. The van der Waals surface area contributed by atoms with E-state index in [1.807, 2.05) is 18.2 Å². The predicted octanol–water partition coefficient (Wildman–Crippen LogP) is 3.35. The van der Waals surface area contributed by atoms with Crippen LogP contribution >= 0.6 is 0 Å². The maximum atomic E-state index is 5.45. The highest BCUT2D eigenvalue weighted by Crippen LogP contribution is 2.18. The Bertz CT molecular complexity index is 628. The molecule has 0 amide bonds. The van der Waals surface area contributed by atoms with Gasteiger partial charge < -0.3 is 5.32 Å². The fourth-order valence-corrected chi connectivity index (χ4v) is 2.87. The van der Waals surface area contributed by atoms with E-state index < -0.39 is 0 Å². The number of anilines is 1. The Morgan fingerprint density at radius 1 is 1.14 bits per heavy atom. The van der Waals surface area contributed by atoms with E-state index in [2.05, 4.69) is 52.5 Å². The molecule has 0 bridgehead atoms. The van der Waals surface area contributed by atoms with E-state index in [0.717, 1.165) is 30.9 Å². The molecule has 0 radical (unpaired) electrons. The van der Waals surface area contributed by atoms with Gasteiger partial charge in [-0.1, -0.05) is 42.3 Å². The Balaban J connectivity index is 1.56. The maximum absolute atomic E-state index is 5.45. The maximum Gasteiger partial charge on any atom is 0.0400 e. The molecule has 0 saturated carbocycles. The minimum absolute atomic E-state index is 0.502. The highest BCUT2D eigenvalue weighted by molar-refractivity contribution is 5.50. The van der Waals surface area contributed by atoms with Crippen LogP contribution in [0.15, 0.2) is 54.6 Å². The van der Waals surface area contributed by atoms with Crippen LogP contribution in [-0.4, -0.2) is 24.0 Å². The summed E-state index contributed by atoms with van der Waals surface area (Å²) >= 11 is 0. The molecule has 21 heavy (non-hydrogen) atoms. The van der Waals surface area contributed by atoms with Gasteiger partial charge in [-0.3, -0.25) is 4.90 Å². The number of nitrogens with zero attached hydrogens (tertiary/aromatic N) is 1. The van der Waals surface area contributed by atoms with Crippen LogP contribution in [0.2, 0.25) is 0 Å². The highest BCUT2D eigenvalue weighted by Gasteiger charge is 2.22. The summed E-state index contributed by atoms with van der Waals surface area (Å²) < 4.78 is 0. The fourth-order valence-electron chi connectivity index (χ4n) is 2.87. The molecule has 2 heteroatoms. The molecule has 3 rings (SSSR count). The van der Waals surface area contributed by atoms with Gasteiger partial charge in [0.05, 0.1) is 0 Å². The predicted molar refractivity (Wildman–Crippen MR) is 88.1 cm³/mol. The molecule has 0 aliphatic carbocycles. The third-order valence-corrected chi connectivity index (χ3v) is 3.92. The van der Waals surface area contributed by atoms with Crippen LogP contribution in [-0.2, 0) is 6.54 Å². The van der Waals surface area contributed by atoms with Crippen molar-refractivity contribution in [3.05, 3.63) is 65.7 Å². The summed E-state index contributed by atoms with van der Waals surface area (Å²) in [5.74, 6) is 2.68. The van der Waals surface area contributed by atoms with E-state index in [0.29, 0.717) is 6.04 Å². The summed E-state index contributed by atoms with van der Waals surface area (Å²) in [5.41, 5.74) is 3.43. The molecule has 1 heterocycles. The summed E-state index contributed by atoms with van der Waals surface area (Å²) in [7, 11) is 0. The van der Waals surface area contributed by atoms with E-state index in [9.17, 15) is 0 Å². The van der Waals surface area contributed by atoms with Gasteiger partial charge in [-0.15, -0.1) is 6.42 Å². The van der Waals surface area contributed by atoms with E-state index in [-0.39, 0.29) is 0 Å². The van der Waals surface area contributed by atoms with Gasteiger partial charge in [-0.05, 0) is 30.2 Å². The molecule has 1 fully saturated rings. The van der Waals surface area contributed by atoms with Gasteiger partial charge in [0.1, 0.15) is 0 Å². The third-order valence-electron chi connectivity index (χ3n) is 3.92. The SMILES string of the molecule is C#Cc1cccc(NC2CCN(Cc3ccccc3)C2)c1. The summed E-state index contributed by atoms with van der Waals surface area (Å²) in [6, 6.07) is 19.3. The smallest absolute Gasteiger partial charge is 0.0400 e. The lowest BCUT2D eigenvalue weighted by Crippen LogP contribution is -2.25. The lowest BCUT2D eigenvalue weighted by Gasteiger charge is -2.17. The van der Waals surface area contributed by atoms with Gasteiger partial charge in [-0.25, -0.2) is 0 Å². The van der Waals surface area contributed by atoms with Gasteiger partial charge in [0.15, 0.2) is 0 Å². The van der Waals surface area contributed by atoms with Gasteiger partial charge in [-0.2, -0.15) is 0 Å². The van der Waals surface area contributed by atoms with Gasteiger partial charge in [0.2, 0.25) is 0 Å². The minimum atomic E-state index is 0.502. The summed E-state index contributed by atoms with van der Waals surface area (Å²) in [6.07, 6.45) is 6.62. The second kappa shape index (κ2) is 6.47. The first-order valence-corrected chi connectivity index (χ1v) is 7.43. The van der Waals surface area contributed by atoms with Crippen LogP contribution < -0.4 is 5.32 Å². The van der Waals surface area contributed by atoms with E-state index in [4.69, 9.17) is 6.42 Å². The number of hydrogen-bond donors (Lipinski definition) is 1. The monoisotopic (exact) mass is 276 g/mol. The second-order valence-electron chi connectivity index (χ2n) is 5.58. The zero-order chi connectivity index (χ0) is 14.5. The number of hydrogen-bond acceptors (Lipinski definition) is 2. The van der Waals surface area contributed by atoms with Crippen LogP contribution in [0.25, 0.3) is 0 Å². The van der Waals surface area contributed by atoms with Gasteiger partial charge >= 0.3 is 0 Å². The lowest BCUT2D eigenvalue weighted by molar-refractivity contribution is 0.328. The van der Waals surface area contributed by atoms with Crippen molar-refractivity contribution in [2.24, 2.45) is 0 Å². The van der Waals surface area contributed by atoms with Crippen molar-refractivity contribution in [1.29, 1.82) is 0 Å². The Morgan fingerprint density at radius 3 is 2.81 bits per heavy atom. The molecule has 1 N–H and O–H groups in total. The van der Waals surface area contributed by atoms with Gasteiger partial charge in [0.25, 0.3) is 0 Å². The van der Waals surface area contributed by atoms with Crippen LogP contribution in [0.3, 0.4) is 0 Å². The van der Waals surface area contributed by atoms with Crippen molar-refractivity contribution in [3.63, 3.8) is 0 Å². The quantitative estimate of drug-likeness (QED) is 0.862. The van der Waals surface area contributed by atoms with Crippen molar-refractivity contribution in [3.8, 4) is 12.3 Å². The standard InChI is InChI=1S/C19H20N2/c1-2-16-9-6-10-18(13-16)20-19-11-12-21(15-19)14-17-7-4-3-5-8-17/h1,3-10,13,19-20H,11-12,14-15H2. The second-order valence-corrected chi connectivity index (χ2v) is 5.58. The van der Waals surface area contributed by atoms with E-state index in [1.165, 1.54) is 12.0 Å². The van der Waals surface area contributed by atoms with Crippen LogP contribution in [0, 0.1) is 12.3 Å². The Kier molecular flexibility index (Phi) is 4.23. The topological polar surface area (TPSA) is 15.3 Å². The number of nitrogens with one attached hydrogen (secondary N) is 1. The first kappa shape index (κ1) is 13.7. The van der Waals surface area contributed by atoms with Gasteiger partial charge in [0, 0.05) is 36.9 Å². The molecular formula is C19H20N2. The number of rotatable bonds is 4. The van der Waals surface area contributed by atoms with Crippen molar-refractivity contribution < 1.29 is 0 Å². The van der Waals surface area contributed by atoms with E-state index >= 15 is 0 Å². The normalized spacial score (nSPS) is 18.3. The molecule has 1 atom stereocenters. The first-order valence-electron chi connectivity index (χ1n) is 7.43. The Morgan fingerprint density at radius 2 is 2.00 bits per heavy atom. The molecule has 0 aromatic heterocycles. The highest BCUT2D eigenvalue weighted by atomic mass is 15.2. The molecule has 2 aromatic carbocycles. The molecule has 1 aliphatic rings. The molecule has 0 spiro atoms. The van der Waals surface area contributed by atoms with Crippen molar-refractivity contribution >= 4 is 5.69 Å². The fraction of sp³-hybridized carbons (Fsp3) is 0.263. The summed E-state index contributed by atoms with van der Waals surface area (Å²) in [5, 5.41) is 3.59. The van der Waals surface area contributed by atoms with Crippen molar-refractivity contribution in [1.82, 2.24) is 4.90 Å². The Labute approximate surface area is 126 Å². The molecule has 106 valence electrons. The van der Waals surface area contributed by atoms with E-state index in [1.54, 1.807) is 0 Å². The molecule has 2 nitrogen and oxygen atoms in total. The largest absolute Gasteiger partial charge is 0.381 e. The number of likely N-dealkylation sites (tertiary alicyclic amines) is 1. The summed E-state index contributed by atoms with van der Waals surface area (Å²) in [6.45, 7) is 3.25. The molecule has 1 saturated heterocycles. The zero-order valence-corrected chi connectivity index (χ0v) is 12.1. The molecular weight excluding hydrogens is 256 g/mol.